The van der Waals surface area contributed by atoms with Crippen LogP contribution in [0.1, 0.15) is 12.2 Å². The smallest absolute Gasteiger partial charge is 0.195 e. The van der Waals surface area contributed by atoms with E-state index in [1.54, 1.807) is 0 Å². The Morgan fingerprint density at radius 3 is 2.91 bits per heavy atom. The van der Waals surface area contributed by atoms with E-state index in [1.807, 2.05) is 17.7 Å². The second-order valence-electron chi connectivity index (χ2n) is 2.23. The first-order valence-electron chi connectivity index (χ1n) is 3.42. The van der Waals surface area contributed by atoms with Gasteiger partial charge in [0.25, 0.3) is 0 Å². The summed E-state index contributed by atoms with van der Waals surface area (Å²) >= 11 is 3.30. The predicted octanol–water partition coefficient (Wildman–Crippen LogP) is 1.93. The second-order valence-corrected chi connectivity index (χ2v) is 2.94. The molecule has 1 rings (SSSR count). The second kappa shape index (κ2) is 3.67. The van der Waals surface area contributed by atoms with Crippen LogP contribution in [0.3, 0.4) is 0 Å². The molecule has 1 aromatic rings. The van der Waals surface area contributed by atoms with E-state index in [2.05, 4.69) is 32.6 Å². The van der Waals surface area contributed by atoms with E-state index >= 15 is 0 Å². The Balaban J connectivity index is 2.69. The van der Waals surface area contributed by atoms with Gasteiger partial charge in [0, 0.05) is 6.54 Å². The number of aromatic nitrogens is 3. The largest absolute Gasteiger partial charge is 0.240 e. The Labute approximate surface area is 74.3 Å². The molecule has 0 N–H and O–H groups in total. The molecular weight excluding hydrogens is 206 g/mol. The minimum atomic E-state index is 0.789. The van der Waals surface area contributed by atoms with Gasteiger partial charge in [0.2, 0.25) is 0 Å². The summed E-state index contributed by atoms with van der Waals surface area (Å²) in [6, 6.07) is 0. The van der Waals surface area contributed by atoms with Crippen molar-refractivity contribution in [1.82, 2.24) is 14.8 Å². The standard InChI is InChI=1S/C7H10BrN3/c1-3-4-5-11-7(8)9-6(2)10-11/h3H,1,4-5H2,2H3. The Kier molecular flexibility index (Phi) is 2.82. The van der Waals surface area contributed by atoms with Crippen LogP contribution in [0.25, 0.3) is 0 Å². The number of nitrogens with zero attached hydrogens (tertiary/aromatic N) is 3. The molecule has 0 aliphatic carbocycles. The molecule has 0 radical (unpaired) electrons. The van der Waals surface area contributed by atoms with Gasteiger partial charge >= 0.3 is 0 Å². The fourth-order valence-corrected chi connectivity index (χ4v) is 1.30. The first-order valence-corrected chi connectivity index (χ1v) is 4.21. The number of rotatable bonds is 3. The summed E-state index contributed by atoms with van der Waals surface area (Å²) in [6.45, 7) is 6.34. The van der Waals surface area contributed by atoms with Crippen molar-refractivity contribution >= 4 is 15.9 Å². The average molecular weight is 216 g/mol. The Bertz CT molecular complexity index is 254. The minimum absolute atomic E-state index is 0.789. The van der Waals surface area contributed by atoms with Gasteiger partial charge in [-0.3, -0.25) is 0 Å². The molecule has 0 unspecified atom stereocenters. The van der Waals surface area contributed by atoms with Crippen LogP contribution < -0.4 is 0 Å². The summed E-state index contributed by atoms with van der Waals surface area (Å²) in [5.74, 6) is 0.793. The highest BCUT2D eigenvalue weighted by Gasteiger charge is 2.00. The van der Waals surface area contributed by atoms with Gasteiger partial charge in [-0.1, -0.05) is 6.08 Å². The molecule has 0 aliphatic heterocycles. The van der Waals surface area contributed by atoms with Crippen molar-refractivity contribution in [2.75, 3.05) is 0 Å². The maximum atomic E-state index is 4.16. The Morgan fingerprint density at radius 2 is 2.45 bits per heavy atom. The molecule has 0 spiro atoms. The zero-order valence-electron chi connectivity index (χ0n) is 6.42. The van der Waals surface area contributed by atoms with Gasteiger partial charge in [-0.15, -0.1) is 6.58 Å². The third-order valence-electron chi connectivity index (χ3n) is 1.28. The van der Waals surface area contributed by atoms with Crippen molar-refractivity contribution < 1.29 is 0 Å². The molecule has 1 aromatic heterocycles. The van der Waals surface area contributed by atoms with Crippen molar-refractivity contribution in [2.24, 2.45) is 0 Å². The SMILES string of the molecule is C=CCCn1nc(C)nc1Br. The van der Waals surface area contributed by atoms with Gasteiger partial charge in [-0.05, 0) is 29.3 Å². The molecule has 1 heterocycles. The quantitative estimate of drug-likeness (QED) is 0.722. The minimum Gasteiger partial charge on any atom is -0.240 e. The number of aryl methyl sites for hydroxylation is 2. The van der Waals surface area contributed by atoms with Gasteiger partial charge in [0.1, 0.15) is 5.82 Å². The number of hydrogen-bond acceptors (Lipinski definition) is 2. The van der Waals surface area contributed by atoms with E-state index in [-0.39, 0.29) is 0 Å². The number of halogens is 1. The lowest BCUT2D eigenvalue weighted by molar-refractivity contribution is 0.605. The summed E-state index contributed by atoms with van der Waals surface area (Å²) < 4.78 is 2.61. The van der Waals surface area contributed by atoms with Crippen LogP contribution in [0.2, 0.25) is 0 Å². The lowest BCUT2D eigenvalue weighted by Gasteiger charge is -1.96. The first-order chi connectivity index (χ1) is 5.24. The first kappa shape index (κ1) is 8.46. The van der Waals surface area contributed by atoms with Crippen molar-refractivity contribution in [1.29, 1.82) is 0 Å². The highest BCUT2D eigenvalue weighted by atomic mass is 79.9. The maximum Gasteiger partial charge on any atom is 0.195 e. The van der Waals surface area contributed by atoms with Gasteiger partial charge in [0.05, 0.1) is 0 Å². The van der Waals surface area contributed by atoms with Crippen molar-refractivity contribution in [3.05, 3.63) is 23.2 Å². The molecule has 4 heteroatoms. The Hall–Kier alpha value is -0.640. The highest BCUT2D eigenvalue weighted by molar-refractivity contribution is 9.10. The topological polar surface area (TPSA) is 30.7 Å². The third-order valence-corrected chi connectivity index (χ3v) is 1.86. The fraction of sp³-hybridized carbons (Fsp3) is 0.429. The van der Waals surface area contributed by atoms with Crippen LogP contribution in [-0.2, 0) is 6.54 Å². The van der Waals surface area contributed by atoms with E-state index in [4.69, 9.17) is 0 Å². The highest BCUT2D eigenvalue weighted by Crippen LogP contribution is 2.06. The van der Waals surface area contributed by atoms with Gasteiger partial charge in [-0.2, -0.15) is 5.10 Å². The molecule has 0 amide bonds. The van der Waals surface area contributed by atoms with E-state index in [0.29, 0.717) is 0 Å². The van der Waals surface area contributed by atoms with E-state index < -0.39 is 0 Å². The lowest BCUT2D eigenvalue weighted by atomic mass is 10.4. The van der Waals surface area contributed by atoms with Gasteiger partial charge < -0.3 is 0 Å². The molecule has 11 heavy (non-hydrogen) atoms. The fourth-order valence-electron chi connectivity index (χ4n) is 0.785. The molecule has 0 aromatic carbocycles. The van der Waals surface area contributed by atoms with Crippen LogP contribution in [0.15, 0.2) is 17.4 Å². The molecule has 0 fully saturated rings. The molecule has 60 valence electrons. The van der Waals surface area contributed by atoms with Crippen molar-refractivity contribution in [2.45, 2.75) is 19.9 Å². The van der Waals surface area contributed by atoms with Crippen molar-refractivity contribution in [3.63, 3.8) is 0 Å². The summed E-state index contributed by atoms with van der Waals surface area (Å²) in [4.78, 5) is 4.10. The van der Waals surface area contributed by atoms with Gasteiger partial charge in [0.15, 0.2) is 4.73 Å². The van der Waals surface area contributed by atoms with Crippen molar-refractivity contribution in [3.8, 4) is 0 Å². The summed E-state index contributed by atoms with van der Waals surface area (Å²) in [6.07, 6.45) is 2.78. The predicted molar refractivity (Wildman–Crippen MR) is 47.3 cm³/mol. The maximum absolute atomic E-state index is 4.16. The van der Waals surface area contributed by atoms with E-state index in [9.17, 15) is 0 Å². The summed E-state index contributed by atoms with van der Waals surface area (Å²) in [7, 11) is 0. The summed E-state index contributed by atoms with van der Waals surface area (Å²) in [5.41, 5.74) is 0. The zero-order chi connectivity index (χ0) is 8.27. The summed E-state index contributed by atoms with van der Waals surface area (Å²) in [5, 5.41) is 4.16. The van der Waals surface area contributed by atoms with Crippen LogP contribution in [0.5, 0.6) is 0 Å². The molecule has 0 saturated carbocycles. The van der Waals surface area contributed by atoms with Crippen LogP contribution >= 0.6 is 15.9 Å². The van der Waals surface area contributed by atoms with Crippen LogP contribution in [-0.4, -0.2) is 14.8 Å². The van der Waals surface area contributed by atoms with Gasteiger partial charge in [-0.25, -0.2) is 9.67 Å². The molecular formula is C7H10BrN3. The molecule has 0 bridgehead atoms. The molecule has 0 atom stereocenters. The normalized spacial score (nSPS) is 10.0. The molecule has 3 nitrogen and oxygen atoms in total. The van der Waals surface area contributed by atoms with Crippen LogP contribution in [0, 0.1) is 6.92 Å². The van der Waals surface area contributed by atoms with E-state index in [0.717, 1.165) is 23.5 Å². The third kappa shape index (κ3) is 2.15. The van der Waals surface area contributed by atoms with E-state index in [1.165, 1.54) is 0 Å². The average Bonchev–Trinajstić information content (AvgIpc) is 2.26. The van der Waals surface area contributed by atoms with Crippen LogP contribution in [0.4, 0.5) is 0 Å². The Morgan fingerprint density at radius 1 is 1.73 bits per heavy atom. The number of hydrogen-bond donors (Lipinski definition) is 0. The monoisotopic (exact) mass is 215 g/mol. The number of allylic oxidation sites excluding steroid dienone is 1. The molecule has 0 aliphatic rings. The molecule has 0 saturated heterocycles. The zero-order valence-corrected chi connectivity index (χ0v) is 8.00. The lowest BCUT2D eigenvalue weighted by Crippen LogP contribution is -1.99.